The topological polar surface area (TPSA) is 46.1 Å². The van der Waals surface area contributed by atoms with Crippen LogP contribution >= 0.6 is 0 Å². The predicted octanol–water partition coefficient (Wildman–Crippen LogP) is 0.735. The molecule has 4 heteroatoms. The quantitative estimate of drug-likeness (QED) is 0.504. The smallest absolute Gasteiger partial charge is 0.207 e. The molecule has 0 unspecified atom stereocenters. The van der Waals surface area contributed by atoms with Gasteiger partial charge >= 0.3 is 0 Å². The molecule has 0 aliphatic carbocycles. The van der Waals surface area contributed by atoms with E-state index in [1.807, 2.05) is 14.1 Å². The van der Waals surface area contributed by atoms with Crippen LogP contribution in [0.5, 0.6) is 0 Å². The zero-order chi connectivity index (χ0) is 9.68. The van der Waals surface area contributed by atoms with Gasteiger partial charge in [0.2, 0.25) is 5.78 Å². The minimum atomic E-state index is -0.137. The second-order valence-electron chi connectivity index (χ2n) is 2.75. The Kier molecular flexibility index (Phi) is 3.14. The third-order valence-electron chi connectivity index (χ3n) is 1.35. The Hall–Kier alpha value is -1.71. The second-order valence-corrected chi connectivity index (χ2v) is 2.75. The van der Waals surface area contributed by atoms with Crippen molar-refractivity contribution in [3.63, 3.8) is 0 Å². The maximum atomic E-state index is 11.3. The number of carbonyl (C=O) groups is 1. The van der Waals surface area contributed by atoms with Gasteiger partial charge in [-0.25, -0.2) is 0 Å². The number of hydrogen-bond acceptors (Lipinski definition) is 4. The first-order chi connectivity index (χ1) is 6.20. The molecule has 1 aromatic rings. The Morgan fingerprint density at radius 3 is 2.85 bits per heavy atom. The Labute approximate surface area is 76.9 Å². The second kappa shape index (κ2) is 4.35. The summed E-state index contributed by atoms with van der Waals surface area (Å²) in [5, 5.41) is 7.30. The van der Waals surface area contributed by atoms with Crippen molar-refractivity contribution < 1.29 is 4.79 Å². The van der Waals surface area contributed by atoms with Crippen LogP contribution in [-0.2, 0) is 0 Å². The van der Waals surface area contributed by atoms with Crippen molar-refractivity contribution in [2.24, 2.45) is 0 Å². The van der Waals surface area contributed by atoms with Gasteiger partial charge in [-0.05, 0) is 12.1 Å². The number of rotatable bonds is 3. The van der Waals surface area contributed by atoms with Crippen LogP contribution in [0.3, 0.4) is 0 Å². The van der Waals surface area contributed by atoms with E-state index in [1.54, 1.807) is 23.2 Å². The minimum Gasteiger partial charge on any atom is -0.383 e. The van der Waals surface area contributed by atoms with E-state index >= 15 is 0 Å². The Morgan fingerprint density at radius 2 is 2.31 bits per heavy atom. The van der Waals surface area contributed by atoms with Crippen molar-refractivity contribution in [3.05, 3.63) is 36.3 Å². The molecule has 0 saturated heterocycles. The fraction of sp³-hybridized carbons (Fsp3) is 0.222. The van der Waals surface area contributed by atoms with Crippen molar-refractivity contribution in [3.8, 4) is 0 Å². The molecule has 68 valence electrons. The first kappa shape index (κ1) is 9.38. The lowest BCUT2D eigenvalue weighted by molar-refractivity contribution is 0.104. The minimum absolute atomic E-state index is 0.137. The summed E-state index contributed by atoms with van der Waals surface area (Å²) in [6.45, 7) is 0. The van der Waals surface area contributed by atoms with Crippen LogP contribution < -0.4 is 0 Å². The van der Waals surface area contributed by atoms with E-state index in [4.69, 9.17) is 0 Å². The average Bonchev–Trinajstić information content (AvgIpc) is 2.15. The molecule has 0 aromatic carbocycles. The fourth-order valence-electron chi connectivity index (χ4n) is 0.735. The molecule has 1 heterocycles. The van der Waals surface area contributed by atoms with E-state index in [0.717, 1.165) is 0 Å². The maximum Gasteiger partial charge on any atom is 0.207 e. The molecule has 0 spiro atoms. The van der Waals surface area contributed by atoms with Crippen LogP contribution in [0.15, 0.2) is 30.6 Å². The molecule has 0 radical (unpaired) electrons. The summed E-state index contributed by atoms with van der Waals surface area (Å²) in [6.07, 6.45) is 4.67. The van der Waals surface area contributed by atoms with E-state index in [1.165, 1.54) is 12.3 Å². The highest BCUT2D eigenvalue weighted by atomic mass is 16.1. The van der Waals surface area contributed by atoms with E-state index in [2.05, 4.69) is 10.2 Å². The van der Waals surface area contributed by atoms with Gasteiger partial charge in [-0.2, -0.15) is 5.10 Å². The number of carbonyl (C=O) groups excluding carboxylic acids is 1. The first-order valence-electron chi connectivity index (χ1n) is 3.87. The lowest BCUT2D eigenvalue weighted by Gasteiger charge is -2.01. The number of allylic oxidation sites excluding steroid dienone is 1. The molecular formula is C9H11N3O. The Morgan fingerprint density at radius 1 is 1.54 bits per heavy atom. The van der Waals surface area contributed by atoms with Crippen molar-refractivity contribution in [1.29, 1.82) is 0 Å². The van der Waals surface area contributed by atoms with Gasteiger partial charge in [-0.1, -0.05) is 0 Å². The number of ketones is 1. The average molecular weight is 177 g/mol. The predicted molar refractivity (Wildman–Crippen MR) is 49.2 cm³/mol. The molecule has 1 rings (SSSR count). The summed E-state index contributed by atoms with van der Waals surface area (Å²) in [4.78, 5) is 13.1. The van der Waals surface area contributed by atoms with Crippen LogP contribution in [0.1, 0.15) is 10.5 Å². The Balaban J connectivity index is 2.70. The maximum absolute atomic E-state index is 11.3. The van der Waals surface area contributed by atoms with Gasteiger partial charge in [-0.3, -0.25) is 4.79 Å². The van der Waals surface area contributed by atoms with E-state index < -0.39 is 0 Å². The van der Waals surface area contributed by atoms with Crippen LogP contribution in [0, 0.1) is 0 Å². The van der Waals surface area contributed by atoms with Gasteiger partial charge in [0.1, 0.15) is 5.69 Å². The van der Waals surface area contributed by atoms with Crippen LogP contribution in [0.2, 0.25) is 0 Å². The fourth-order valence-corrected chi connectivity index (χ4v) is 0.735. The lowest BCUT2D eigenvalue weighted by atomic mass is 10.2. The summed E-state index contributed by atoms with van der Waals surface area (Å²) in [5.74, 6) is -0.137. The van der Waals surface area contributed by atoms with Gasteiger partial charge in [0.25, 0.3) is 0 Å². The summed E-state index contributed by atoms with van der Waals surface area (Å²) in [6, 6.07) is 3.32. The molecule has 0 atom stereocenters. The lowest BCUT2D eigenvalue weighted by Crippen LogP contribution is -2.04. The van der Waals surface area contributed by atoms with Crippen molar-refractivity contribution in [1.82, 2.24) is 15.1 Å². The van der Waals surface area contributed by atoms with Crippen LogP contribution in [0.4, 0.5) is 0 Å². The largest absolute Gasteiger partial charge is 0.383 e. The highest BCUT2D eigenvalue weighted by Crippen LogP contribution is 1.94. The molecule has 0 saturated carbocycles. The number of nitrogens with zero attached hydrogens (tertiary/aromatic N) is 3. The van der Waals surface area contributed by atoms with Gasteiger partial charge < -0.3 is 4.90 Å². The Bertz CT molecular complexity index is 306. The van der Waals surface area contributed by atoms with Gasteiger partial charge in [0.05, 0.1) is 0 Å². The van der Waals surface area contributed by atoms with Gasteiger partial charge in [0.15, 0.2) is 0 Å². The first-order valence-corrected chi connectivity index (χ1v) is 3.87. The zero-order valence-electron chi connectivity index (χ0n) is 7.64. The summed E-state index contributed by atoms with van der Waals surface area (Å²) < 4.78 is 0. The van der Waals surface area contributed by atoms with E-state index in [0.29, 0.717) is 5.69 Å². The molecule has 4 nitrogen and oxygen atoms in total. The van der Waals surface area contributed by atoms with Crippen molar-refractivity contribution in [2.45, 2.75) is 0 Å². The molecule has 13 heavy (non-hydrogen) atoms. The zero-order valence-corrected chi connectivity index (χ0v) is 7.64. The molecule has 0 fully saturated rings. The molecule has 0 amide bonds. The van der Waals surface area contributed by atoms with Gasteiger partial charge in [0, 0.05) is 32.6 Å². The summed E-state index contributed by atoms with van der Waals surface area (Å²) >= 11 is 0. The molecule has 0 aliphatic heterocycles. The van der Waals surface area contributed by atoms with Crippen molar-refractivity contribution in [2.75, 3.05) is 14.1 Å². The van der Waals surface area contributed by atoms with Crippen molar-refractivity contribution >= 4 is 5.78 Å². The van der Waals surface area contributed by atoms with E-state index in [-0.39, 0.29) is 5.78 Å². The molecule has 0 bridgehead atoms. The van der Waals surface area contributed by atoms with Crippen LogP contribution in [0.25, 0.3) is 0 Å². The number of hydrogen-bond donors (Lipinski definition) is 0. The third-order valence-corrected chi connectivity index (χ3v) is 1.35. The highest BCUT2D eigenvalue weighted by Gasteiger charge is 2.01. The van der Waals surface area contributed by atoms with Crippen LogP contribution in [-0.4, -0.2) is 35.0 Å². The summed E-state index contributed by atoms with van der Waals surface area (Å²) in [7, 11) is 3.70. The molecule has 0 N–H and O–H groups in total. The molecule has 1 aromatic heterocycles. The summed E-state index contributed by atoms with van der Waals surface area (Å²) in [5.41, 5.74) is 0.362. The SMILES string of the molecule is CN(C)/C=C/C(=O)c1cccnn1. The third kappa shape index (κ3) is 3.02. The standard InChI is InChI=1S/C9H11N3O/c1-12(2)7-5-9(13)8-4-3-6-10-11-8/h3-7H,1-2H3/b7-5+. The number of aromatic nitrogens is 2. The molecular weight excluding hydrogens is 166 g/mol. The monoisotopic (exact) mass is 177 g/mol. The van der Waals surface area contributed by atoms with Gasteiger partial charge in [-0.15, -0.1) is 5.10 Å². The highest BCUT2D eigenvalue weighted by molar-refractivity contribution is 6.02. The normalized spacial score (nSPS) is 10.3. The molecule has 0 aliphatic rings. The van der Waals surface area contributed by atoms with E-state index in [9.17, 15) is 4.79 Å².